The van der Waals surface area contributed by atoms with E-state index in [9.17, 15) is 0 Å². The Morgan fingerprint density at radius 1 is 1.07 bits per heavy atom. The lowest BCUT2D eigenvalue weighted by molar-refractivity contribution is 0.119. The molecule has 2 atom stereocenters. The number of ether oxygens (including phenoxy) is 1. The van der Waals surface area contributed by atoms with Crippen LogP contribution in [0.25, 0.3) is 10.8 Å². The first-order valence-corrected chi connectivity index (χ1v) is 14.9. The van der Waals surface area contributed by atoms with Crippen LogP contribution in [-0.2, 0) is 26.1 Å². The summed E-state index contributed by atoms with van der Waals surface area (Å²) < 4.78 is 23.5. The summed E-state index contributed by atoms with van der Waals surface area (Å²) in [6, 6.07) is 12.2. The molecule has 0 spiro atoms. The summed E-state index contributed by atoms with van der Waals surface area (Å²) in [7, 11) is 2.16. The fraction of sp³-hybridized carbons (Fsp3) is 0.452. The number of halogens is 2. The lowest BCUT2D eigenvalue weighted by Gasteiger charge is -2.39. The van der Waals surface area contributed by atoms with Gasteiger partial charge in [0.2, 0.25) is 0 Å². The highest BCUT2D eigenvalue weighted by Gasteiger charge is 2.32. The first kappa shape index (κ1) is 26.5. The molecule has 0 amide bonds. The highest BCUT2D eigenvalue weighted by molar-refractivity contribution is 6.30. The summed E-state index contributed by atoms with van der Waals surface area (Å²) in [5, 5.41) is 2.08. The van der Waals surface area contributed by atoms with Crippen LogP contribution in [0, 0.1) is 5.82 Å². The van der Waals surface area contributed by atoms with E-state index < -0.39 is 0 Å². The van der Waals surface area contributed by atoms with E-state index in [0.717, 1.165) is 66.3 Å². The van der Waals surface area contributed by atoms with E-state index in [-0.39, 0.29) is 11.9 Å². The molecule has 5 heterocycles. The zero-order chi connectivity index (χ0) is 28.1. The number of rotatable bonds is 5. The van der Waals surface area contributed by atoms with Gasteiger partial charge >= 0.3 is 6.01 Å². The number of fused-ring (bicyclic) bond motifs is 3. The fourth-order valence-electron chi connectivity index (χ4n) is 6.64. The van der Waals surface area contributed by atoms with Crippen molar-refractivity contribution in [3.8, 4) is 6.01 Å². The molecule has 0 bridgehead atoms. The molecule has 4 aromatic rings. The number of imidazole rings is 1. The molecule has 1 fully saturated rings. The quantitative estimate of drug-likeness (QED) is 0.313. The molecule has 2 aromatic carbocycles. The number of likely N-dealkylation sites (tertiary alicyclic amines) is 1. The molecule has 0 N–H and O–H groups in total. The van der Waals surface area contributed by atoms with Gasteiger partial charge in [0.1, 0.15) is 18.2 Å². The lowest BCUT2D eigenvalue weighted by atomic mass is 10.0. The van der Waals surface area contributed by atoms with Crippen LogP contribution in [0.3, 0.4) is 0 Å². The van der Waals surface area contributed by atoms with Crippen molar-refractivity contribution in [2.45, 2.75) is 64.3 Å². The fourth-order valence-corrected chi connectivity index (χ4v) is 6.85. The Balaban J connectivity index is 1.26. The molecular formula is C31H35ClFN7O. The first-order valence-electron chi connectivity index (χ1n) is 14.6. The monoisotopic (exact) mass is 575 g/mol. The Hall–Kier alpha value is -3.43. The molecule has 41 heavy (non-hydrogen) atoms. The summed E-state index contributed by atoms with van der Waals surface area (Å²) in [4.78, 5) is 21.3. The van der Waals surface area contributed by atoms with E-state index in [1.54, 1.807) is 6.07 Å². The Bertz CT molecular complexity index is 1590. The molecule has 0 saturated carbocycles. The van der Waals surface area contributed by atoms with Gasteiger partial charge in [-0.3, -0.25) is 0 Å². The molecule has 7 rings (SSSR count). The van der Waals surface area contributed by atoms with Crippen molar-refractivity contribution >= 4 is 33.9 Å². The van der Waals surface area contributed by atoms with Crippen LogP contribution in [0.4, 0.5) is 15.9 Å². The predicted molar refractivity (Wildman–Crippen MR) is 159 cm³/mol. The second-order valence-electron chi connectivity index (χ2n) is 11.6. The minimum absolute atomic E-state index is 0.189. The van der Waals surface area contributed by atoms with Crippen LogP contribution >= 0.6 is 11.6 Å². The largest absolute Gasteiger partial charge is 0.462 e. The standard InChI is InChI=1S/C31H35ClFN7O/c1-20-15-39-19-34-29(32)27(39)17-40(20)30-23-12-14-38(26-11-6-8-21-7-5-10-24(33)28(21)26)16-25(23)35-31(36-30)41-18-22-9-3-4-13-37(22)2/h5-8,10-11,19-20,22H,3-4,9,12-18H2,1-2H3/t20-,22-/m1/s1. The van der Waals surface area contributed by atoms with Gasteiger partial charge in [0, 0.05) is 41.8 Å². The minimum atomic E-state index is -0.205. The Labute approximate surface area is 244 Å². The third-order valence-electron chi connectivity index (χ3n) is 9.00. The molecule has 0 unspecified atom stereocenters. The van der Waals surface area contributed by atoms with Crippen LogP contribution in [0.15, 0.2) is 42.7 Å². The van der Waals surface area contributed by atoms with Gasteiger partial charge in [-0.15, -0.1) is 0 Å². The highest BCUT2D eigenvalue weighted by atomic mass is 35.5. The molecule has 8 nitrogen and oxygen atoms in total. The smallest absolute Gasteiger partial charge is 0.318 e. The number of benzene rings is 2. The van der Waals surface area contributed by atoms with E-state index in [1.807, 2.05) is 30.6 Å². The third-order valence-corrected chi connectivity index (χ3v) is 9.32. The predicted octanol–water partition coefficient (Wildman–Crippen LogP) is 5.45. The number of piperidine rings is 1. The van der Waals surface area contributed by atoms with E-state index in [0.29, 0.717) is 42.3 Å². The number of anilines is 2. The van der Waals surface area contributed by atoms with Crippen LogP contribution < -0.4 is 14.5 Å². The number of hydrogen-bond acceptors (Lipinski definition) is 7. The second-order valence-corrected chi connectivity index (χ2v) is 12.0. The van der Waals surface area contributed by atoms with Gasteiger partial charge in [-0.05, 0) is 57.3 Å². The Morgan fingerprint density at radius 2 is 1.93 bits per heavy atom. The van der Waals surface area contributed by atoms with Crippen LogP contribution in [0.2, 0.25) is 5.15 Å². The van der Waals surface area contributed by atoms with Crippen molar-refractivity contribution in [3.05, 3.63) is 70.6 Å². The van der Waals surface area contributed by atoms with E-state index >= 15 is 4.39 Å². The molecule has 0 aliphatic carbocycles. The third kappa shape index (κ3) is 4.89. The van der Waals surface area contributed by atoms with E-state index in [1.165, 1.54) is 18.9 Å². The highest BCUT2D eigenvalue weighted by Crippen LogP contribution is 2.37. The van der Waals surface area contributed by atoms with Gasteiger partial charge < -0.3 is 24.0 Å². The Kier molecular flexibility index (Phi) is 6.95. The van der Waals surface area contributed by atoms with Crippen LogP contribution in [0.1, 0.15) is 43.1 Å². The number of likely N-dealkylation sites (N-methyl/N-ethyl adjacent to an activating group) is 1. The van der Waals surface area contributed by atoms with Crippen molar-refractivity contribution in [1.82, 2.24) is 24.4 Å². The van der Waals surface area contributed by atoms with Gasteiger partial charge in [-0.25, -0.2) is 9.37 Å². The van der Waals surface area contributed by atoms with E-state index in [2.05, 4.69) is 38.2 Å². The maximum atomic E-state index is 15.0. The second kappa shape index (κ2) is 10.8. The topological polar surface area (TPSA) is 62.6 Å². The maximum Gasteiger partial charge on any atom is 0.318 e. The molecule has 1 saturated heterocycles. The van der Waals surface area contributed by atoms with Crippen molar-refractivity contribution < 1.29 is 9.13 Å². The summed E-state index contributed by atoms with van der Waals surface area (Å²) in [6.45, 7) is 6.53. The van der Waals surface area contributed by atoms with Crippen LogP contribution in [-0.4, -0.2) is 63.2 Å². The van der Waals surface area contributed by atoms with Gasteiger partial charge in [0.25, 0.3) is 0 Å². The molecule has 2 aromatic heterocycles. The van der Waals surface area contributed by atoms with Crippen LogP contribution in [0.5, 0.6) is 6.01 Å². The Morgan fingerprint density at radius 3 is 2.78 bits per heavy atom. The number of hydrogen-bond donors (Lipinski definition) is 0. The lowest BCUT2D eigenvalue weighted by Crippen LogP contribution is -2.43. The van der Waals surface area contributed by atoms with Crippen molar-refractivity contribution in [2.24, 2.45) is 0 Å². The maximum absolute atomic E-state index is 15.0. The zero-order valence-corrected chi connectivity index (χ0v) is 24.3. The van der Waals surface area contributed by atoms with Crippen molar-refractivity contribution in [2.75, 3.05) is 36.5 Å². The summed E-state index contributed by atoms with van der Waals surface area (Å²) >= 11 is 6.47. The minimum Gasteiger partial charge on any atom is -0.462 e. The van der Waals surface area contributed by atoms with Crippen molar-refractivity contribution in [3.63, 3.8) is 0 Å². The molecule has 0 radical (unpaired) electrons. The van der Waals surface area contributed by atoms with Gasteiger partial charge in [0.15, 0.2) is 5.15 Å². The molecule has 3 aliphatic heterocycles. The summed E-state index contributed by atoms with van der Waals surface area (Å²) in [5.74, 6) is 0.699. The summed E-state index contributed by atoms with van der Waals surface area (Å²) in [6.07, 6.45) is 6.11. The van der Waals surface area contributed by atoms with Gasteiger partial charge in [-0.2, -0.15) is 9.97 Å². The molecule has 3 aliphatic rings. The molecule has 10 heteroatoms. The van der Waals surface area contributed by atoms with E-state index in [4.69, 9.17) is 26.3 Å². The molecule has 214 valence electrons. The van der Waals surface area contributed by atoms with Gasteiger partial charge in [0.05, 0.1) is 30.8 Å². The normalized spacial score (nSPS) is 21.2. The SMILES string of the molecule is C[C@@H]1Cn2cnc(Cl)c2CN1c1nc(OC[C@H]2CCCCN2C)nc2c1CCN(c1cccc3cccc(F)c13)C2. The average molecular weight is 576 g/mol. The number of aromatic nitrogens is 4. The van der Waals surface area contributed by atoms with Gasteiger partial charge in [-0.1, -0.05) is 42.3 Å². The first-order chi connectivity index (χ1) is 20.0. The average Bonchev–Trinajstić information content (AvgIpc) is 3.34. The van der Waals surface area contributed by atoms with Crippen molar-refractivity contribution in [1.29, 1.82) is 0 Å². The summed E-state index contributed by atoms with van der Waals surface area (Å²) in [5.41, 5.74) is 3.94. The zero-order valence-electron chi connectivity index (χ0n) is 23.6. The molecular weight excluding hydrogens is 541 g/mol. The number of nitrogens with zero attached hydrogens (tertiary/aromatic N) is 7.